The first kappa shape index (κ1) is 18.5. The molecule has 0 aliphatic carbocycles. The zero-order valence-corrected chi connectivity index (χ0v) is 16.3. The second kappa shape index (κ2) is 6.24. The van der Waals surface area contributed by atoms with Crippen molar-refractivity contribution in [2.24, 2.45) is 0 Å². The summed E-state index contributed by atoms with van der Waals surface area (Å²) < 4.78 is 30.4. The number of aryl methyl sites for hydroxylation is 1. The quantitative estimate of drug-likeness (QED) is 0.900. The lowest BCUT2D eigenvalue weighted by Crippen LogP contribution is -2.20. The summed E-state index contributed by atoms with van der Waals surface area (Å²) in [6, 6.07) is 5.69. The van der Waals surface area contributed by atoms with Gasteiger partial charge in [-0.1, -0.05) is 32.9 Å². The van der Waals surface area contributed by atoms with Gasteiger partial charge in [0.1, 0.15) is 4.90 Å². The first-order valence-electron chi connectivity index (χ1n) is 8.12. The minimum atomic E-state index is -3.71. The van der Waals surface area contributed by atoms with E-state index in [1.165, 1.54) is 0 Å². The molecule has 2 aromatic rings. The van der Waals surface area contributed by atoms with E-state index in [-0.39, 0.29) is 16.4 Å². The molecule has 1 aromatic carbocycles. The predicted molar refractivity (Wildman–Crippen MR) is 98.0 cm³/mol. The van der Waals surface area contributed by atoms with E-state index < -0.39 is 10.0 Å². The SMILES string of the molecule is Cc1cccc(NS(=O)(=O)c2cn(C(C)C)nc2C(C)(C)C)c1C. The van der Waals surface area contributed by atoms with Crippen molar-refractivity contribution in [2.45, 2.75) is 64.8 Å². The number of rotatable bonds is 4. The molecule has 0 aliphatic heterocycles. The van der Waals surface area contributed by atoms with E-state index in [1.54, 1.807) is 16.9 Å². The zero-order valence-electron chi connectivity index (χ0n) is 15.5. The Hall–Kier alpha value is -1.82. The maximum atomic E-state index is 13.0. The fourth-order valence-corrected chi connectivity index (χ4v) is 3.89. The summed E-state index contributed by atoms with van der Waals surface area (Å²) in [6.07, 6.45) is 1.62. The number of nitrogens with zero attached hydrogens (tertiary/aromatic N) is 2. The summed E-state index contributed by atoms with van der Waals surface area (Å²) >= 11 is 0. The Bertz CT molecular complexity index is 844. The maximum absolute atomic E-state index is 13.0. The van der Waals surface area contributed by atoms with Crippen LogP contribution in [0.25, 0.3) is 0 Å². The first-order valence-corrected chi connectivity index (χ1v) is 9.60. The van der Waals surface area contributed by atoms with Crippen molar-refractivity contribution in [1.82, 2.24) is 9.78 Å². The molecule has 132 valence electrons. The Morgan fingerprint density at radius 3 is 2.33 bits per heavy atom. The summed E-state index contributed by atoms with van der Waals surface area (Å²) in [5.74, 6) is 0. The van der Waals surface area contributed by atoms with Crippen molar-refractivity contribution >= 4 is 15.7 Å². The van der Waals surface area contributed by atoms with E-state index in [0.29, 0.717) is 11.4 Å². The predicted octanol–water partition coefficient (Wildman–Crippen LogP) is 4.18. The van der Waals surface area contributed by atoms with Crippen molar-refractivity contribution in [3.05, 3.63) is 41.2 Å². The number of benzene rings is 1. The summed E-state index contributed by atoms with van der Waals surface area (Å²) in [5, 5.41) is 4.53. The molecule has 1 aromatic heterocycles. The van der Waals surface area contributed by atoms with Crippen LogP contribution in [0.15, 0.2) is 29.3 Å². The van der Waals surface area contributed by atoms with E-state index in [1.807, 2.05) is 60.6 Å². The molecule has 1 heterocycles. The monoisotopic (exact) mass is 349 g/mol. The Kier molecular flexibility index (Phi) is 4.81. The molecule has 0 saturated carbocycles. The normalized spacial score (nSPS) is 12.7. The maximum Gasteiger partial charge on any atom is 0.265 e. The van der Waals surface area contributed by atoms with E-state index in [2.05, 4.69) is 9.82 Å². The van der Waals surface area contributed by atoms with Crippen molar-refractivity contribution in [2.75, 3.05) is 4.72 Å². The Balaban J connectivity index is 2.55. The molecular weight excluding hydrogens is 322 g/mol. The van der Waals surface area contributed by atoms with E-state index in [9.17, 15) is 8.42 Å². The topological polar surface area (TPSA) is 64.0 Å². The Labute approximate surface area is 145 Å². The molecule has 1 N–H and O–H groups in total. The molecule has 0 fully saturated rings. The molecule has 24 heavy (non-hydrogen) atoms. The van der Waals surface area contributed by atoms with Crippen LogP contribution in [0, 0.1) is 13.8 Å². The van der Waals surface area contributed by atoms with Crippen LogP contribution in [-0.2, 0) is 15.4 Å². The molecule has 0 unspecified atom stereocenters. The van der Waals surface area contributed by atoms with Gasteiger partial charge in [0.05, 0.1) is 11.4 Å². The molecule has 0 amide bonds. The van der Waals surface area contributed by atoms with Gasteiger partial charge in [-0.2, -0.15) is 5.10 Å². The van der Waals surface area contributed by atoms with Gasteiger partial charge >= 0.3 is 0 Å². The second-order valence-electron chi connectivity index (χ2n) is 7.52. The number of hydrogen-bond donors (Lipinski definition) is 1. The Morgan fingerprint density at radius 1 is 1.17 bits per heavy atom. The highest BCUT2D eigenvalue weighted by atomic mass is 32.2. The molecule has 2 rings (SSSR count). The molecule has 5 nitrogen and oxygen atoms in total. The van der Waals surface area contributed by atoms with Crippen LogP contribution in [-0.4, -0.2) is 18.2 Å². The van der Waals surface area contributed by atoms with Crippen molar-refractivity contribution < 1.29 is 8.42 Å². The van der Waals surface area contributed by atoms with E-state index >= 15 is 0 Å². The fourth-order valence-electron chi connectivity index (χ4n) is 2.42. The Morgan fingerprint density at radius 2 is 1.79 bits per heavy atom. The van der Waals surface area contributed by atoms with Crippen molar-refractivity contribution in [1.29, 1.82) is 0 Å². The van der Waals surface area contributed by atoms with Gasteiger partial charge < -0.3 is 0 Å². The smallest absolute Gasteiger partial charge is 0.265 e. The molecule has 0 saturated heterocycles. The third kappa shape index (κ3) is 3.64. The summed E-state index contributed by atoms with van der Waals surface area (Å²) in [4.78, 5) is 0.240. The van der Waals surface area contributed by atoms with Crippen LogP contribution in [0.5, 0.6) is 0 Å². The standard InChI is InChI=1S/C18H27N3O2S/c1-12(2)21-11-16(17(19-21)18(5,6)7)24(22,23)20-15-10-8-9-13(3)14(15)4/h8-12,20H,1-7H3. The van der Waals surface area contributed by atoms with Crippen LogP contribution in [0.2, 0.25) is 0 Å². The molecule has 0 bridgehead atoms. The van der Waals surface area contributed by atoms with Gasteiger partial charge in [0, 0.05) is 17.7 Å². The lowest BCUT2D eigenvalue weighted by molar-refractivity contribution is 0.493. The third-order valence-corrected chi connectivity index (χ3v) is 5.44. The van der Waals surface area contributed by atoms with Gasteiger partial charge in [-0.3, -0.25) is 9.40 Å². The average Bonchev–Trinajstić information content (AvgIpc) is 2.90. The third-order valence-electron chi connectivity index (χ3n) is 4.08. The molecule has 0 radical (unpaired) electrons. The summed E-state index contributed by atoms with van der Waals surface area (Å²) in [5.41, 5.74) is 2.78. The van der Waals surface area contributed by atoms with Gasteiger partial charge in [0.15, 0.2) is 0 Å². The second-order valence-corrected chi connectivity index (χ2v) is 9.17. The molecule has 0 atom stereocenters. The van der Waals surface area contributed by atoms with Crippen LogP contribution in [0.1, 0.15) is 57.5 Å². The highest BCUT2D eigenvalue weighted by Crippen LogP contribution is 2.30. The van der Waals surface area contributed by atoms with Gasteiger partial charge in [-0.25, -0.2) is 8.42 Å². The largest absolute Gasteiger partial charge is 0.279 e. The highest BCUT2D eigenvalue weighted by molar-refractivity contribution is 7.92. The molecule has 6 heteroatoms. The number of nitrogens with one attached hydrogen (secondary N) is 1. The highest BCUT2D eigenvalue weighted by Gasteiger charge is 2.30. The molecular formula is C18H27N3O2S. The van der Waals surface area contributed by atoms with Crippen molar-refractivity contribution in [3.63, 3.8) is 0 Å². The number of aromatic nitrogens is 2. The van der Waals surface area contributed by atoms with E-state index in [0.717, 1.165) is 11.1 Å². The van der Waals surface area contributed by atoms with Gasteiger partial charge in [-0.15, -0.1) is 0 Å². The number of anilines is 1. The zero-order chi connectivity index (χ0) is 18.3. The number of hydrogen-bond acceptors (Lipinski definition) is 3. The summed E-state index contributed by atoms with van der Waals surface area (Å²) in [7, 11) is -3.71. The lowest BCUT2D eigenvalue weighted by Gasteiger charge is -2.18. The molecule has 0 aliphatic rings. The number of sulfonamides is 1. The van der Waals surface area contributed by atoms with Crippen LogP contribution in [0.3, 0.4) is 0 Å². The average molecular weight is 350 g/mol. The summed E-state index contributed by atoms with van der Waals surface area (Å²) in [6.45, 7) is 13.7. The lowest BCUT2D eigenvalue weighted by atomic mass is 9.92. The van der Waals surface area contributed by atoms with Crippen LogP contribution >= 0.6 is 0 Å². The van der Waals surface area contributed by atoms with Crippen LogP contribution in [0.4, 0.5) is 5.69 Å². The fraction of sp³-hybridized carbons (Fsp3) is 0.500. The molecule has 0 spiro atoms. The van der Waals surface area contributed by atoms with Gasteiger partial charge in [0.25, 0.3) is 10.0 Å². The van der Waals surface area contributed by atoms with Crippen molar-refractivity contribution in [3.8, 4) is 0 Å². The van der Waals surface area contributed by atoms with Crippen LogP contribution < -0.4 is 4.72 Å². The van der Waals surface area contributed by atoms with Gasteiger partial charge in [0.2, 0.25) is 0 Å². The van der Waals surface area contributed by atoms with Gasteiger partial charge in [-0.05, 0) is 44.9 Å². The first-order chi connectivity index (χ1) is 10.9. The minimum absolute atomic E-state index is 0.0933. The van der Waals surface area contributed by atoms with E-state index in [4.69, 9.17) is 0 Å². The minimum Gasteiger partial charge on any atom is -0.279 e.